The molecule has 6 nitrogen and oxygen atoms in total. The van der Waals surface area contributed by atoms with E-state index in [1.54, 1.807) is 0 Å². The number of benzene rings is 1. The van der Waals surface area contributed by atoms with Crippen molar-refractivity contribution < 1.29 is 24.3 Å². The van der Waals surface area contributed by atoms with E-state index in [1.807, 2.05) is 0 Å². The molecule has 1 aromatic rings. The maximum atomic E-state index is 12.9. The largest absolute Gasteiger partial charge is 0.479 e. The third-order valence-corrected chi connectivity index (χ3v) is 2.37. The minimum absolute atomic E-state index is 0.229. The summed E-state index contributed by atoms with van der Waals surface area (Å²) < 4.78 is 12.7. The molecule has 1 atom stereocenters. The van der Waals surface area contributed by atoms with Crippen LogP contribution in [0.25, 0.3) is 0 Å². The summed E-state index contributed by atoms with van der Waals surface area (Å²) in [5, 5.41) is 28.3. The number of aliphatic carboxylic acids is 1. The normalized spacial score (nSPS) is 12.2. The summed E-state index contributed by atoms with van der Waals surface area (Å²) in [4.78, 5) is 20.2. The van der Waals surface area contributed by atoms with Gasteiger partial charge in [-0.15, -0.1) is 0 Å². The van der Waals surface area contributed by atoms with Crippen molar-refractivity contribution >= 4 is 27.6 Å². The molecule has 1 rings (SSSR count). The maximum Gasteiger partial charge on any atom is 0.337 e. The average Bonchev–Trinajstić information content (AvgIpc) is 2.14. The highest BCUT2D eigenvalue weighted by Gasteiger charge is 2.29. The molecule has 16 heavy (non-hydrogen) atoms. The van der Waals surface area contributed by atoms with Gasteiger partial charge in [-0.1, -0.05) is 0 Å². The maximum absolute atomic E-state index is 12.9. The lowest BCUT2D eigenvalue weighted by atomic mass is 10.1. The fraction of sp³-hybridized carbons (Fsp3) is 0.125. The molecule has 0 radical (unpaired) electrons. The van der Waals surface area contributed by atoms with Gasteiger partial charge in [0, 0.05) is 0 Å². The molecule has 0 aromatic heterocycles. The van der Waals surface area contributed by atoms with Crippen molar-refractivity contribution in [1.82, 2.24) is 0 Å². The third kappa shape index (κ3) is 2.34. The molecule has 0 heterocycles. The lowest BCUT2D eigenvalue weighted by Crippen LogP contribution is -2.13. The van der Waals surface area contributed by atoms with Crippen molar-refractivity contribution in [2.24, 2.45) is 0 Å². The number of rotatable bonds is 3. The topological polar surface area (TPSA) is 101 Å². The van der Waals surface area contributed by atoms with Crippen molar-refractivity contribution in [2.45, 2.75) is 6.10 Å². The van der Waals surface area contributed by atoms with Crippen LogP contribution in [0.1, 0.15) is 11.7 Å². The van der Waals surface area contributed by atoms with Crippen LogP contribution in [0.15, 0.2) is 16.6 Å². The molecule has 1 unspecified atom stereocenters. The molecule has 0 spiro atoms. The zero-order valence-electron chi connectivity index (χ0n) is 7.55. The standard InChI is InChI=1S/C8H5BrFNO5/c9-5-2-3(10)1-4(6(5)11(15)16)7(12)8(13)14/h1-2,7,12H,(H,13,14). The van der Waals surface area contributed by atoms with Crippen LogP contribution in [0, 0.1) is 15.9 Å². The van der Waals surface area contributed by atoms with E-state index in [0.717, 1.165) is 6.07 Å². The summed E-state index contributed by atoms with van der Waals surface area (Å²) in [6.45, 7) is 0. The van der Waals surface area contributed by atoms with Crippen molar-refractivity contribution in [3.8, 4) is 0 Å². The van der Waals surface area contributed by atoms with Crippen LogP contribution >= 0.6 is 15.9 Å². The highest BCUT2D eigenvalue weighted by Crippen LogP contribution is 2.33. The van der Waals surface area contributed by atoms with E-state index < -0.39 is 34.1 Å². The molecule has 0 saturated heterocycles. The Morgan fingerprint density at radius 3 is 2.56 bits per heavy atom. The predicted molar refractivity (Wildman–Crippen MR) is 53.4 cm³/mol. The smallest absolute Gasteiger partial charge is 0.337 e. The summed E-state index contributed by atoms with van der Waals surface area (Å²) >= 11 is 2.73. The fourth-order valence-corrected chi connectivity index (χ4v) is 1.71. The summed E-state index contributed by atoms with van der Waals surface area (Å²) in [5.41, 5.74) is -1.28. The number of nitro groups is 1. The van der Waals surface area contributed by atoms with E-state index in [0.29, 0.717) is 6.07 Å². The number of carbonyl (C=O) groups is 1. The summed E-state index contributed by atoms with van der Waals surface area (Å²) in [7, 11) is 0. The van der Waals surface area contributed by atoms with Crippen LogP contribution in [0.4, 0.5) is 10.1 Å². The molecule has 1 aromatic carbocycles. The van der Waals surface area contributed by atoms with E-state index in [4.69, 9.17) is 5.11 Å². The van der Waals surface area contributed by atoms with Crippen LogP contribution in [0.3, 0.4) is 0 Å². The SMILES string of the molecule is O=C(O)C(O)c1cc(F)cc(Br)c1[N+](=O)[O-]. The Balaban J connectivity index is 3.46. The average molecular weight is 294 g/mol. The predicted octanol–water partition coefficient (Wildman–Crippen LogP) is 1.61. The number of hydrogen-bond acceptors (Lipinski definition) is 4. The van der Waals surface area contributed by atoms with Crippen LogP contribution in [-0.2, 0) is 4.79 Å². The first-order valence-electron chi connectivity index (χ1n) is 3.88. The van der Waals surface area contributed by atoms with Gasteiger partial charge in [-0.25, -0.2) is 9.18 Å². The number of aliphatic hydroxyl groups excluding tert-OH is 1. The molecule has 0 amide bonds. The van der Waals surface area contributed by atoms with E-state index in [9.17, 15) is 24.4 Å². The van der Waals surface area contributed by atoms with Gasteiger partial charge in [0.15, 0.2) is 6.10 Å². The highest BCUT2D eigenvalue weighted by molar-refractivity contribution is 9.10. The Bertz CT molecular complexity index is 464. The van der Waals surface area contributed by atoms with Gasteiger partial charge in [0.05, 0.1) is 15.0 Å². The van der Waals surface area contributed by atoms with Gasteiger partial charge in [-0.2, -0.15) is 0 Å². The Morgan fingerprint density at radius 1 is 1.56 bits per heavy atom. The van der Waals surface area contributed by atoms with Crippen molar-refractivity contribution in [3.63, 3.8) is 0 Å². The van der Waals surface area contributed by atoms with Gasteiger partial charge in [0.25, 0.3) is 5.69 Å². The Hall–Kier alpha value is -1.54. The molecule has 0 aliphatic heterocycles. The summed E-state index contributed by atoms with van der Waals surface area (Å²) in [6, 6.07) is 1.43. The summed E-state index contributed by atoms with van der Waals surface area (Å²) in [5.74, 6) is -2.58. The molecule has 0 bridgehead atoms. The minimum Gasteiger partial charge on any atom is -0.479 e. The zero-order valence-corrected chi connectivity index (χ0v) is 9.14. The van der Waals surface area contributed by atoms with E-state index in [-0.39, 0.29) is 4.47 Å². The number of aliphatic hydroxyl groups is 1. The van der Waals surface area contributed by atoms with E-state index in [2.05, 4.69) is 15.9 Å². The third-order valence-electron chi connectivity index (χ3n) is 1.77. The zero-order chi connectivity index (χ0) is 12.5. The molecule has 8 heteroatoms. The van der Waals surface area contributed by atoms with Crippen molar-refractivity contribution in [3.05, 3.63) is 38.1 Å². The molecule has 0 aliphatic rings. The molecule has 0 aliphatic carbocycles. The van der Waals surface area contributed by atoms with Crippen LogP contribution < -0.4 is 0 Å². The summed E-state index contributed by atoms with van der Waals surface area (Å²) in [6.07, 6.45) is -2.15. The molecule has 0 saturated carbocycles. The van der Waals surface area contributed by atoms with Crippen molar-refractivity contribution in [2.75, 3.05) is 0 Å². The van der Waals surface area contributed by atoms with Gasteiger partial charge in [0.2, 0.25) is 0 Å². The Morgan fingerprint density at radius 2 is 2.12 bits per heavy atom. The first-order valence-corrected chi connectivity index (χ1v) is 4.68. The van der Waals surface area contributed by atoms with Gasteiger partial charge < -0.3 is 10.2 Å². The second-order valence-electron chi connectivity index (χ2n) is 2.82. The first-order chi connectivity index (χ1) is 7.34. The van der Waals surface area contributed by atoms with E-state index >= 15 is 0 Å². The lowest BCUT2D eigenvalue weighted by Gasteiger charge is -2.07. The molecule has 2 N–H and O–H groups in total. The Labute approximate surface area is 96.6 Å². The minimum atomic E-state index is -2.15. The second-order valence-corrected chi connectivity index (χ2v) is 3.68. The lowest BCUT2D eigenvalue weighted by molar-refractivity contribution is -0.387. The van der Waals surface area contributed by atoms with Gasteiger partial charge in [0.1, 0.15) is 5.82 Å². The van der Waals surface area contributed by atoms with Crippen LogP contribution in [-0.4, -0.2) is 21.1 Å². The monoisotopic (exact) mass is 293 g/mol. The number of carboxylic acid groups (broad SMARTS) is 1. The van der Waals surface area contributed by atoms with Crippen molar-refractivity contribution in [1.29, 1.82) is 0 Å². The molecule has 86 valence electrons. The highest BCUT2D eigenvalue weighted by atomic mass is 79.9. The number of nitrogens with zero attached hydrogens (tertiary/aromatic N) is 1. The first kappa shape index (κ1) is 12.5. The second kappa shape index (κ2) is 4.54. The van der Waals surface area contributed by atoms with Gasteiger partial charge in [-0.05, 0) is 28.1 Å². The number of carboxylic acids is 1. The fourth-order valence-electron chi connectivity index (χ4n) is 1.12. The van der Waals surface area contributed by atoms with Crippen LogP contribution in [0.5, 0.6) is 0 Å². The van der Waals surface area contributed by atoms with Gasteiger partial charge >= 0.3 is 5.97 Å². The molecular weight excluding hydrogens is 289 g/mol. The van der Waals surface area contributed by atoms with Crippen LogP contribution in [0.2, 0.25) is 0 Å². The van der Waals surface area contributed by atoms with E-state index in [1.165, 1.54) is 0 Å². The molecular formula is C8H5BrFNO5. The number of halogens is 2. The number of nitro benzene ring substituents is 1. The number of hydrogen-bond donors (Lipinski definition) is 2. The quantitative estimate of drug-likeness (QED) is 0.651. The molecule has 0 fully saturated rings. The Kier molecular flexibility index (Phi) is 3.55. The van der Waals surface area contributed by atoms with Gasteiger partial charge in [-0.3, -0.25) is 10.1 Å².